The molecule has 0 amide bonds. The average molecular weight is 2070 g/mol. The number of ether oxygens (including phenoxy) is 8. The Kier molecular flexibility index (Phi) is 41.5. The first-order valence-electron chi connectivity index (χ1n) is 48.5. The third-order valence-corrected chi connectivity index (χ3v) is 33.1. The van der Waals surface area contributed by atoms with Gasteiger partial charge in [-0.3, -0.25) is 19.6 Å². The molecule has 16 rings (SSSR count). The number of rotatable bonds is 40. The van der Waals surface area contributed by atoms with Gasteiger partial charge in [-0.2, -0.15) is 0 Å². The Morgan fingerprint density at radius 1 is 0.291 bits per heavy atom. The van der Waals surface area contributed by atoms with Crippen molar-refractivity contribution in [1.29, 1.82) is 0 Å². The van der Waals surface area contributed by atoms with Crippen molar-refractivity contribution in [3.8, 4) is 88.3 Å². The Labute approximate surface area is 863 Å². The summed E-state index contributed by atoms with van der Waals surface area (Å²) in [6.07, 6.45) is 15.3. The molecule has 4 fully saturated rings. The normalized spacial score (nSPS) is 15.3. The lowest BCUT2D eigenvalue weighted by Crippen LogP contribution is -2.45. The number of aromatic nitrogens is 12. The van der Waals surface area contributed by atoms with Crippen LogP contribution in [0.25, 0.3) is 42.3 Å². The molecule has 8 aromatic heterocycles. The zero-order valence-corrected chi connectivity index (χ0v) is 90.2. The fourth-order valence-corrected chi connectivity index (χ4v) is 25.2. The van der Waals surface area contributed by atoms with Gasteiger partial charge in [0.2, 0.25) is 0 Å². The van der Waals surface area contributed by atoms with Crippen molar-refractivity contribution in [2.24, 2.45) is 0 Å². The summed E-state index contributed by atoms with van der Waals surface area (Å²) in [5.41, 5.74) is 50.1. The second-order valence-electron chi connectivity index (χ2n) is 34.7. The molecule has 0 unspecified atom stereocenters. The quantitative estimate of drug-likeness (QED) is 0.0138. The number of likely N-dealkylation sites (tertiary alicyclic amines) is 3. The zero-order chi connectivity index (χ0) is 100. The molecule has 141 heavy (non-hydrogen) atoms. The fourth-order valence-electron chi connectivity index (χ4n) is 16.7. The van der Waals surface area contributed by atoms with Gasteiger partial charge in [0.1, 0.15) is 87.2 Å². The van der Waals surface area contributed by atoms with Crippen molar-refractivity contribution in [3.05, 3.63) is 145 Å². The second-order valence-corrected chi connectivity index (χ2v) is 44.3. The van der Waals surface area contributed by atoms with E-state index in [1.807, 2.05) is 67.6 Å². The van der Waals surface area contributed by atoms with Gasteiger partial charge in [-0.15, -0.1) is 45.3 Å². The summed E-state index contributed by atoms with van der Waals surface area (Å²) < 4.78 is 47.0. The highest BCUT2D eigenvalue weighted by molar-refractivity contribution is 8.00. The minimum atomic E-state index is 0.0451. The van der Waals surface area contributed by atoms with Crippen LogP contribution in [0.2, 0.25) is 0 Å². The lowest BCUT2D eigenvalue weighted by molar-refractivity contribution is 0.133. The summed E-state index contributed by atoms with van der Waals surface area (Å²) in [6.45, 7) is 36.5. The molecule has 0 spiro atoms. The number of likely N-dealkylation sites (N-methyl/N-ethyl adjacent to an activating group) is 1. The van der Waals surface area contributed by atoms with E-state index in [2.05, 4.69) is 139 Å². The number of aryl methyl sites for hydroxylation is 5. The number of hydrogen-bond donors (Lipinski definition) is 7. The number of hydrogen-bond acceptors (Lipinski definition) is 40. The summed E-state index contributed by atoms with van der Waals surface area (Å²) in [4.78, 5) is 72.0. The van der Waals surface area contributed by atoms with Crippen molar-refractivity contribution in [2.75, 3.05) is 194 Å². The van der Waals surface area contributed by atoms with Crippen LogP contribution in [0.3, 0.4) is 0 Å². The van der Waals surface area contributed by atoms with Gasteiger partial charge in [-0.05, 0) is 218 Å². The predicted molar refractivity (Wildman–Crippen MR) is 582 cm³/mol. The maximum Gasteiger partial charge on any atom is 0.192 e. The maximum atomic E-state index is 6.18. The van der Waals surface area contributed by atoms with E-state index in [-0.39, 0.29) is 21.0 Å². The number of benzene rings is 4. The number of nitrogen functional groups attached to an aromatic ring is 7. The van der Waals surface area contributed by atoms with Crippen LogP contribution in [0.15, 0.2) is 118 Å². The van der Waals surface area contributed by atoms with E-state index in [0.29, 0.717) is 87.8 Å². The summed E-state index contributed by atoms with van der Waals surface area (Å²) in [6, 6.07) is 30.6. The third-order valence-electron chi connectivity index (χ3n) is 24.2. The molecular weight excluding hydrogens is 1930 g/mol. The van der Waals surface area contributed by atoms with Crippen molar-refractivity contribution in [1.82, 2.24) is 84.3 Å². The molecule has 758 valence electrons. The molecular formula is C101H138N24O8S8. The van der Waals surface area contributed by atoms with Crippen LogP contribution < -0.4 is 78.0 Å². The number of thiazole rings is 4. The standard InChI is InChI=1S/C26H35N5O2S2.C25H35N7O2S2.2C25H34N6O2S2/c1-5-22-24(18(3)34-26-28-17(2)15-23(27)29-26)30-25(35-22)19-9-10-20(32-4)21(16-19)33-14-13-31-11-7-6-8-12-31;1-5-20-23(16(2)35-25-28-21(26)15-22(27)29-25)30-24(36-20)17-6-7-18(33-4)19(14-17)34-13-12-32-10-8-31(3)9-11-32;2*1-4-20-23(16(2)34-25-28-21(26)15-22(27)29-25)30-24(35-20)17-8-9-18(32-3)19(14-17)33-13-12-31-10-6-5-7-11-31/h9-10,15-16,18H,5-8,11-14H2,1-4H3,(H2,27,28,29);6-7,14-16H,5,8-13H2,1-4H3,(H4,26,27,28,29);2*8-9,14-16H,4-7,10-13H2,1-3H3,(H4,26,27,28,29)/t18-;3*16-/m1111/s1. The molecule has 4 aromatic carbocycles. The molecule has 4 aliphatic heterocycles. The molecule has 4 aliphatic rings. The lowest BCUT2D eigenvalue weighted by Gasteiger charge is -2.32. The first kappa shape index (κ1) is 108. The van der Waals surface area contributed by atoms with Crippen molar-refractivity contribution >= 4 is 133 Å². The maximum absolute atomic E-state index is 6.18. The minimum absolute atomic E-state index is 0.0451. The number of nitrogens with two attached hydrogens (primary N) is 7. The summed E-state index contributed by atoms with van der Waals surface area (Å²) in [5.74, 6) is 8.66. The molecule has 0 bridgehead atoms. The number of anilines is 7. The molecule has 4 saturated heterocycles. The van der Waals surface area contributed by atoms with E-state index >= 15 is 0 Å². The van der Waals surface area contributed by atoms with Crippen LogP contribution in [0.4, 0.5) is 40.7 Å². The number of piperidine rings is 3. The van der Waals surface area contributed by atoms with Gasteiger partial charge >= 0.3 is 0 Å². The van der Waals surface area contributed by atoms with Gasteiger partial charge in [0.15, 0.2) is 66.6 Å². The Morgan fingerprint density at radius 3 is 0.745 bits per heavy atom. The second kappa shape index (κ2) is 54.0. The lowest BCUT2D eigenvalue weighted by atomic mass is 10.1. The van der Waals surface area contributed by atoms with E-state index in [4.69, 9.17) is 98.0 Å². The highest BCUT2D eigenvalue weighted by Crippen LogP contribution is 2.47. The van der Waals surface area contributed by atoms with Gasteiger partial charge in [0, 0.05) is 124 Å². The average Bonchev–Trinajstić information content (AvgIpc) is 1.68. The van der Waals surface area contributed by atoms with Crippen LogP contribution >= 0.6 is 92.4 Å². The van der Waals surface area contributed by atoms with Gasteiger partial charge in [-0.25, -0.2) is 59.8 Å². The number of nitrogens with zero attached hydrogens (tertiary/aromatic N) is 17. The van der Waals surface area contributed by atoms with Gasteiger partial charge in [-0.1, -0.05) is 94.0 Å². The SMILES string of the molecule is CCc1sc(-c2ccc(OC)c(OCCN3CCCCC3)c2)nc1[C@@H](C)Sc1nc(C)cc(N)n1.CCc1sc(-c2ccc(OC)c(OCCN3CCCCC3)c2)nc1[C@@H](C)Sc1nc(N)cc(N)n1.CCc1sc(-c2ccc(OC)c(OCCN3CCCCC3)c2)nc1[C@@H](C)Sc1nc(N)cc(N)n1.CCc1sc(-c2ccc(OC)c(OCCN3CCN(C)CC3)c2)nc1[C@@H](C)Sc1nc(N)cc(N)n1. The van der Waals surface area contributed by atoms with E-state index in [1.54, 1.807) is 110 Å². The Balaban J connectivity index is 0.000000158. The molecule has 4 atom stereocenters. The molecule has 14 N–H and O–H groups in total. The molecule has 40 heteroatoms. The largest absolute Gasteiger partial charge is 0.493 e. The highest BCUT2D eigenvalue weighted by atomic mass is 32.2. The van der Waals surface area contributed by atoms with Gasteiger partial charge in [0.25, 0.3) is 0 Å². The van der Waals surface area contributed by atoms with Gasteiger partial charge < -0.3 is 82.9 Å². The van der Waals surface area contributed by atoms with Crippen LogP contribution in [-0.4, -0.2) is 238 Å². The van der Waals surface area contributed by atoms with E-state index < -0.39 is 0 Å². The molecule has 32 nitrogen and oxygen atoms in total. The summed E-state index contributed by atoms with van der Waals surface area (Å²) in [7, 11) is 8.87. The highest BCUT2D eigenvalue weighted by Gasteiger charge is 2.29. The van der Waals surface area contributed by atoms with Crippen LogP contribution in [0.1, 0.15) is 182 Å². The molecule has 0 aliphatic carbocycles. The molecule has 12 aromatic rings. The fraction of sp³-hybridized carbons (Fsp3) is 0.485. The Hall–Kier alpha value is -10.1. The summed E-state index contributed by atoms with van der Waals surface area (Å²) in [5, 5.41) is 6.45. The first-order valence-corrected chi connectivity index (χ1v) is 55.3. The monoisotopic (exact) mass is 2070 g/mol. The predicted octanol–water partition coefficient (Wildman–Crippen LogP) is 19.7. The van der Waals surface area contributed by atoms with Crippen molar-refractivity contribution in [3.63, 3.8) is 0 Å². The topological polar surface area (TPSA) is 427 Å². The first-order chi connectivity index (χ1) is 68.2. The Bertz CT molecular complexity index is 5490. The third kappa shape index (κ3) is 31.5. The van der Waals surface area contributed by atoms with Gasteiger partial charge in [0.05, 0.1) is 72.2 Å². The number of thioether (sulfide) groups is 4. The Morgan fingerprint density at radius 2 is 0.518 bits per heavy atom. The van der Waals surface area contributed by atoms with E-state index in [1.165, 1.54) is 126 Å². The van der Waals surface area contributed by atoms with Crippen molar-refractivity contribution in [2.45, 2.75) is 187 Å². The summed E-state index contributed by atoms with van der Waals surface area (Å²) >= 11 is 13.0. The minimum Gasteiger partial charge on any atom is -0.493 e. The van der Waals surface area contributed by atoms with Crippen molar-refractivity contribution < 1.29 is 37.9 Å². The zero-order valence-electron chi connectivity index (χ0n) is 83.6. The molecule has 0 saturated carbocycles. The molecule has 12 heterocycles. The van der Waals surface area contributed by atoms with E-state index in [0.717, 1.165) is 221 Å². The smallest absolute Gasteiger partial charge is 0.192 e. The number of piperazine rings is 1. The van der Waals surface area contributed by atoms with Crippen LogP contribution in [0.5, 0.6) is 46.0 Å². The number of methoxy groups -OCH3 is 4. The van der Waals surface area contributed by atoms with Crippen LogP contribution in [0, 0.1) is 6.92 Å². The van der Waals surface area contributed by atoms with E-state index in [9.17, 15) is 0 Å². The molecule has 0 radical (unpaired) electrons. The van der Waals surface area contributed by atoms with Crippen LogP contribution in [-0.2, 0) is 25.7 Å².